The molecule has 1 heterocycles. The summed E-state index contributed by atoms with van der Waals surface area (Å²) in [5.41, 5.74) is 2.00. The van der Waals surface area contributed by atoms with Gasteiger partial charge in [-0.25, -0.2) is 0 Å². The number of nitrogens with zero attached hydrogens (tertiary/aromatic N) is 1. The Morgan fingerprint density at radius 2 is 2.33 bits per heavy atom. The summed E-state index contributed by atoms with van der Waals surface area (Å²) in [6.45, 7) is 3.31. The summed E-state index contributed by atoms with van der Waals surface area (Å²) in [6.07, 6.45) is 0.978. The summed E-state index contributed by atoms with van der Waals surface area (Å²) in [5.74, 6) is 0.0993. The number of benzene rings is 1. The Kier molecular flexibility index (Phi) is 2.95. The summed E-state index contributed by atoms with van der Waals surface area (Å²) < 4.78 is 1.03. The van der Waals surface area contributed by atoms with Gasteiger partial charge in [-0.15, -0.1) is 0 Å². The molecule has 15 heavy (non-hydrogen) atoms. The van der Waals surface area contributed by atoms with E-state index in [1.165, 1.54) is 0 Å². The second-order valence-corrected chi connectivity index (χ2v) is 4.53. The van der Waals surface area contributed by atoms with Crippen LogP contribution in [0.1, 0.15) is 13.3 Å². The number of halogens is 1. The van der Waals surface area contributed by atoms with Gasteiger partial charge in [0, 0.05) is 24.5 Å². The van der Waals surface area contributed by atoms with E-state index in [9.17, 15) is 4.79 Å². The van der Waals surface area contributed by atoms with Crippen LogP contribution in [0.15, 0.2) is 22.7 Å². The Labute approximate surface area is 97.6 Å². The molecule has 0 saturated heterocycles. The molecule has 0 spiro atoms. The molecule has 1 amide bonds. The molecular formula is C11H13BrN2O. The molecule has 2 rings (SSSR count). The lowest BCUT2D eigenvalue weighted by Gasteiger charge is -2.20. The van der Waals surface area contributed by atoms with Crippen molar-refractivity contribution in [3.63, 3.8) is 0 Å². The van der Waals surface area contributed by atoms with Crippen molar-refractivity contribution in [1.82, 2.24) is 0 Å². The second-order valence-electron chi connectivity index (χ2n) is 3.61. The summed E-state index contributed by atoms with van der Waals surface area (Å²) >= 11 is 3.43. The van der Waals surface area contributed by atoms with Crippen LogP contribution in [0.3, 0.4) is 0 Å². The average molecular weight is 269 g/mol. The Morgan fingerprint density at radius 1 is 1.53 bits per heavy atom. The normalized spacial score (nSPS) is 15.2. The lowest BCUT2D eigenvalue weighted by molar-refractivity contribution is -0.116. The third-order valence-corrected chi connectivity index (χ3v) is 3.00. The topological polar surface area (TPSA) is 32.3 Å². The Bertz CT molecular complexity index is 392. The predicted octanol–water partition coefficient (Wildman–Crippen LogP) is 2.62. The number of fused-ring (bicyclic) bond motifs is 1. The minimum absolute atomic E-state index is 0.0993. The van der Waals surface area contributed by atoms with Gasteiger partial charge in [0.1, 0.15) is 0 Å². The van der Waals surface area contributed by atoms with Crippen LogP contribution in [-0.2, 0) is 4.79 Å². The first-order valence-corrected chi connectivity index (χ1v) is 5.79. The highest BCUT2D eigenvalue weighted by atomic mass is 79.9. The maximum Gasteiger partial charge on any atom is 0.223 e. The molecule has 1 aliphatic rings. The van der Waals surface area contributed by atoms with Gasteiger partial charge in [0.25, 0.3) is 0 Å². The average Bonchev–Trinajstić information content (AvgIpc) is 2.38. The number of anilines is 2. The number of nitrogens with one attached hydrogen (secondary N) is 1. The van der Waals surface area contributed by atoms with Crippen molar-refractivity contribution in [3.8, 4) is 0 Å². The fourth-order valence-electron chi connectivity index (χ4n) is 1.79. The molecule has 0 saturated carbocycles. The zero-order chi connectivity index (χ0) is 10.8. The molecule has 1 aromatic rings. The number of amides is 1. The number of rotatable bonds is 0. The Balaban J connectivity index is 2.45. The molecule has 1 aliphatic heterocycles. The van der Waals surface area contributed by atoms with Crippen molar-refractivity contribution in [3.05, 3.63) is 22.7 Å². The first-order valence-electron chi connectivity index (χ1n) is 5.00. The minimum Gasteiger partial charge on any atom is -0.383 e. The van der Waals surface area contributed by atoms with Crippen molar-refractivity contribution >= 4 is 33.2 Å². The van der Waals surface area contributed by atoms with Gasteiger partial charge < -0.3 is 10.2 Å². The largest absolute Gasteiger partial charge is 0.383 e. The van der Waals surface area contributed by atoms with Crippen LogP contribution in [0.25, 0.3) is 0 Å². The maximum atomic E-state index is 11.5. The van der Waals surface area contributed by atoms with Crippen molar-refractivity contribution < 1.29 is 4.79 Å². The number of carbonyl (C=O) groups excluding carboxylic acids is 1. The molecule has 0 bridgehead atoms. The number of carbonyl (C=O) groups is 1. The molecule has 0 fully saturated rings. The monoisotopic (exact) mass is 268 g/mol. The zero-order valence-electron chi connectivity index (χ0n) is 8.59. The Morgan fingerprint density at radius 3 is 3.07 bits per heavy atom. The molecule has 0 aliphatic carbocycles. The van der Waals surface area contributed by atoms with Crippen LogP contribution in [-0.4, -0.2) is 19.0 Å². The van der Waals surface area contributed by atoms with Crippen molar-refractivity contribution in [2.75, 3.05) is 23.3 Å². The van der Waals surface area contributed by atoms with Gasteiger partial charge in [-0.1, -0.05) is 15.9 Å². The fraction of sp³-hybridized carbons (Fsp3) is 0.364. The molecule has 80 valence electrons. The van der Waals surface area contributed by atoms with E-state index in [1.807, 2.05) is 23.1 Å². The third kappa shape index (κ3) is 2.15. The van der Waals surface area contributed by atoms with Gasteiger partial charge in [-0.2, -0.15) is 0 Å². The number of hydrogen-bond acceptors (Lipinski definition) is 2. The van der Waals surface area contributed by atoms with E-state index >= 15 is 0 Å². The van der Waals surface area contributed by atoms with Crippen LogP contribution in [0.2, 0.25) is 0 Å². The Hall–Kier alpha value is -1.03. The lowest BCUT2D eigenvalue weighted by atomic mass is 10.2. The van der Waals surface area contributed by atoms with Gasteiger partial charge in [0.2, 0.25) is 5.91 Å². The molecule has 0 atom stereocenters. The van der Waals surface area contributed by atoms with E-state index in [4.69, 9.17) is 0 Å². The van der Waals surface area contributed by atoms with Gasteiger partial charge in [-0.3, -0.25) is 4.79 Å². The summed E-state index contributed by atoms with van der Waals surface area (Å²) in [5, 5.41) is 3.33. The molecule has 4 heteroatoms. The number of hydrogen-bond donors (Lipinski definition) is 1. The second kappa shape index (κ2) is 4.23. The van der Waals surface area contributed by atoms with E-state index in [0.29, 0.717) is 0 Å². The molecule has 1 aromatic carbocycles. The molecular weight excluding hydrogens is 256 g/mol. The standard InChI is InChI=1S/C11H13BrN2O/c1-8(15)14-6-2-5-13-10-7-9(12)3-4-11(10)14/h3-4,7,13H,2,5-6H2,1H3. The highest BCUT2D eigenvalue weighted by Crippen LogP contribution is 2.31. The molecule has 0 aromatic heterocycles. The third-order valence-electron chi connectivity index (χ3n) is 2.50. The van der Waals surface area contributed by atoms with E-state index in [0.717, 1.165) is 35.4 Å². The smallest absolute Gasteiger partial charge is 0.223 e. The van der Waals surface area contributed by atoms with Crippen molar-refractivity contribution in [2.24, 2.45) is 0 Å². The van der Waals surface area contributed by atoms with Crippen LogP contribution in [0.5, 0.6) is 0 Å². The van der Waals surface area contributed by atoms with Gasteiger partial charge >= 0.3 is 0 Å². The first kappa shape index (κ1) is 10.5. The van der Waals surface area contributed by atoms with Crippen LogP contribution >= 0.6 is 15.9 Å². The minimum atomic E-state index is 0.0993. The SMILES string of the molecule is CC(=O)N1CCCNc2cc(Br)ccc21. The van der Waals surface area contributed by atoms with Gasteiger partial charge in [0.05, 0.1) is 11.4 Å². The van der Waals surface area contributed by atoms with Gasteiger partial charge in [0.15, 0.2) is 0 Å². The zero-order valence-corrected chi connectivity index (χ0v) is 10.2. The van der Waals surface area contributed by atoms with Crippen LogP contribution < -0.4 is 10.2 Å². The fourth-order valence-corrected chi connectivity index (χ4v) is 2.15. The molecule has 3 nitrogen and oxygen atoms in total. The first-order chi connectivity index (χ1) is 7.18. The van der Waals surface area contributed by atoms with E-state index in [-0.39, 0.29) is 5.91 Å². The lowest BCUT2D eigenvalue weighted by Crippen LogP contribution is -2.28. The summed E-state index contributed by atoms with van der Waals surface area (Å²) in [6, 6.07) is 5.94. The van der Waals surface area contributed by atoms with E-state index in [2.05, 4.69) is 21.2 Å². The van der Waals surface area contributed by atoms with Crippen molar-refractivity contribution in [1.29, 1.82) is 0 Å². The quantitative estimate of drug-likeness (QED) is 0.785. The van der Waals surface area contributed by atoms with E-state index < -0.39 is 0 Å². The van der Waals surface area contributed by atoms with Crippen LogP contribution in [0, 0.1) is 0 Å². The predicted molar refractivity (Wildman–Crippen MR) is 65.3 cm³/mol. The van der Waals surface area contributed by atoms with Gasteiger partial charge in [-0.05, 0) is 24.6 Å². The van der Waals surface area contributed by atoms with Crippen molar-refractivity contribution in [2.45, 2.75) is 13.3 Å². The van der Waals surface area contributed by atoms with E-state index in [1.54, 1.807) is 6.92 Å². The summed E-state index contributed by atoms with van der Waals surface area (Å²) in [7, 11) is 0. The van der Waals surface area contributed by atoms with Crippen LogP contribution in [0.4, 0.5) is 11.4 Å². The molecule has 0 unspecified atom stereocenters. The summed E-state index contributed by atoms with van der Waals surface area (Å²) in [4.78, 5) is 13.3. The molecule has 1 N–H and O–H groups in total. The molecule has 0 radical (unpaired) electrons. The maximum absolute atomic E-state index is 11.5. The highest BCUT2D eigenvalue weighted by molar-refractivity contribution is 9.10. The highest BCUT2D eigenvalue weighted by Gasteiger charge is 2.17.